The van der Waals surface area contributed by atoms with Crippen LogP contribution in [0.5, 0.6) is 5.75 Å². The molecule has 0 radical (unpaired) electrons. The number of carbonyl (C=O) groups excluding carboxylic acids is 1. The van der Waals surface area contributed by atoms with Crippen LogP contribution in [-0.2, 0) is 4.79 Å². The smallest absolute Gasteiger partial charge is 0.260 e. The lowest BCUT2D eigenvalue weighted by Crippen LogP contribution is -2.42. The molecular formula is C20H31NO2. The first-order chi connectivity index (χ1) is 11.0. The van der Waals surface area contributed by atoms with Gasteiger partial charge in [0.15, 0.2) is 6.10 Å². The predicted molar refractivity (Wildman–Crippen MR) is 95.0 cm³/mol. The molecule has 1 fully saturated rings. The Kier molecular flexibility index (Phi) is 6.49. The van der Waals surface area contributed by atoms with Crippen LogP contribution >= 0.6 is 0 Å². The standard InChI is InChI=1S/C20H31NO2/c1-14-12-15(2)16(3)19(13-14)23-17(4)20(22)21-18-10-8-6-5-7-9-11-18/h12-13,17-18H,5-11H2,1-4H3,(H,21,22)/t17-/m1/s1. The van der Waals surface area contributed by atoms with Crippen LogP contribution in [0.1, 0.15) is 68.6 Å². The highest BCUT2D eigenvalue weighted by atomic mass is 16.5. The Hall–Kier alpha value is -1.51. The number of aryl methyl sites for hydroxylation is 2. The summed E-state index contributed by atoms with van der Waals surface area (Å²) >= 11 is 0. The van der Waals surface area contributed by atoms with E-state index in [0.29, 0.717) is 6.04 Å². The van der Waals surface area contributed by atoms with Gasteiger partial charge in [0.1, 0.15) is 5.75 Å². The number of hydrogen-bond donors (Lipinski definition) is 1. The summed E-state index contributed by atoms with van der Waals surface area (Å²) < 4.78 is 5.95. The number of rotatable bonds is 4. The lowest BCUT2D eigenvalue weighted by Gasteiger charge is -2.24. The van der Waals surface area contributed by atoms with Gasteiger partial charge in [0.2, 0.25) is 0 Å². The van der Waals surface area contributed by atoms with E-state index < -0.39 is 6.10 Å². The van der Waals surface area contributed by atoms with Gasteiger partial charge in [-0.3, -0.25) is 4.79 Å². The van der Waals surface area contributed by atoms with E-state index in [1.807, 2.05) is 19.9 Å². The maximum Gasteiger partial charge on any atom is 0.260 e. The summed E-state index contributed by atoms with van der Waals surface area (Å²) in [7, 11) is 0. The summed E-state index contributed by atoms with van der Waals surface area (Å²) in [4.78, 5) is 12.5. The average Bonchev–Trinajstić information content (AvgIpc) is 2.46. The summed E-state index contributed by atoms with van der Waals surface area (Å²) in [5, 5.41) is 3.19. The number of nitrogens with one attached hydrogen (secondary N) is 1. The van der Waals surface area contributed by atoms with Crippen molar-refractivity contribution in [2.45, 2.75) is 84.8 Å². The van der Waals surface area contributed by atoms with Gasteiger partial charge in [-0.05, 0) is 63.3 Å². The Bertz CT molecular complexity index is 531. The van der Waals surface area contributed by atoms with Crippen molar-refractivity contribution in [1.29, 1.82) is 0 Å². The van der Waals surface area contributed by atoms with E-state index in [0.717, 1.165) is 29.7 Å². The number of benzene rings is 1. The molecule has 128 valence electrons. The largest absolute Gasteiger partial charge is 0.481 e. The zero-order valence-corrected chi connectivity index (χ0v) is 15.1. The third-order valence-corrected chi connectivity index (χ3v) is 4.89. The second-order valence-corrected chi connectivity index (χ2v) is 7.02. The molecule has 23 heavy (non-hydrogen) atoms. The fourth-order valence-electron chi connectivity index (χ4n) is 3.29. The van der Waals surface area contributed by atoms with Gasteiger partial charge in [-0.25, -0.2) is 0 Å². The summed E-state index contributed by atoms with van der Waals surface area (Å²) in [6.45, 7) is 8.02. The highest BCUT2D eigenvalue weighted by Crippen LogP contribution is 2.24. The third-order valence-electron chi connectivity index (χ3n) is 4.89. The Balaban J connectivity index is 1.94. The van der Waals surface area contributed by atoms with Gasteiger partial charge in [-0.15, -0.1) is 0 Å². The summed E-state index contributed by atoms with van der Waals surface area (Å²) in [5.41, 5.74) is 3.48. The van der Waals surface area contributed by atoms with Crippen LogP contribution < -0.4 is 10.1 Å². The lowest BCUT2D eigenvalue weighted by atomic mass is 9.96. The molecule has 1 aromatic carbocycles. The van der Waals surface area contributed by atoms with Crippen LogP contribution in [0.15, 0.2) is 12.1 Å². The molecule has 0 bridgehead atoms. The van der Waals surface area contributed by atoms with E-state index in [1.165, 1.54) is 37.7 Å². The van der Waals surface area contributed by atoms with Crippen LogP contribution in [0, 0.1) is 20.8 Å². The molecule has 2 rings (SSSR count). The SMILES string of the molecule is Cc1cc(C)c(C)c(O[C@H](C)C(=O)NC2CCCCCCC2)c1. The Morgan fingerprint density at radius 1 is 1.09 bits per heavy atom. The third kappa shape index (κ3) is 5.26. The van der Waals surface area contributed by atoms with E-state index in [9.17, 15) is 4.79 Å². The molecule has 1 saturated carbocycles. The minimum absolute atomic E-state index is 0.00846. The second kappa shape index (κ2) is 8.37. The second-order valence-electron chi connectivity index (χ2n) is 7.02. The molecule has 1 N–H and O–H groups in total. The van der Waals surface area contributed by atoms with Crippen molar-refractivity contribution in [3.63, 3.8) is 0 Å². The van der Waals surface area contributed by atoms with Crippen molar-refractivity contribution in [1.82, 2.24) is 5.32 Å². The predicted octanol–water partition coefficient (Wildman–Crippen LogP) is 4.61. The van der Waals surface area contributed by atoms with Gasteiger partial charge in [0.05, 0.1) is 0 Å². The molecule has 1 aliphatic carbocycles. The van der Waals surface area contributed by atoms with Gasteiger partial charge >= 0.3 is 0 Å². The van der Waals surface area contributed by atoms with Gasteiger partial charge in [-0.1, -0.05) is 38.2 Å². The zero-order valence-electron chi connectivity index (χ0n) is 15.1. The highest BCUT2D eigenvalue weighted by molar-refractivity contribution is 5.81. The topological polar surface area (TPSA) is 38.3 Å². The molecule has 0 saturated heterocycles. The van der Waals surface area contributed by atoms with E-state index >= 15 is 0 Å². The van der Waals surface area contributed by atoms with E-state index in [1.54, 1.807) is 0 Å². The van der Waals surface area contributed by atoms with Crippen LogP contribution in [0.2, 0.25) is 0 Å². The van der Waals surface area contributed by atoms with Crippen molar-refractivity contribution >= 4 is 5.91 Å². The van der Waals surface area contributed by atoms with Crippen molar-refractivity contribution in [3.8, 4) is 5.75 Å². The number of ether oxygens (including phenoxy) is 1. The number of hydrogen-bond acceptors (Lipinski definition) is 2. The Morgan fingerprint density at radius 3 is 2.35 bits per heavy atom. The molecule has 1 aliphatic rings. The van der Waals surface area contributed by atoms with Crippen molar-refractivity contribution in [3.05, 3.63) is 28.8 Å². The molecule has 1 atom stereocenters. The number of carbonyl (C=O) groups is 1. The first kappa shape index (κ1) is 17.8. The number of amides is 1. The molecule has 0 heterocycles. The highest BCUT2D eigenvalue weighted by Gasteiger charge is 2.20. The molecule has 3 heteroatoms. The molecule has 3 nitrogen and oxygen atoms in total. The van der Waals surface area contributed by atoms with Gasteiger partial charge in [0.25, 0.3) is 5.91 Å². The van der Waals surface area contributed by atoms with E-state index in [4.69, 9.17) is 4.74 Å². The van der Waals surface area contributed by atoms with E-state index in [-0.39, 0.29) is 5.91 Å². The van der Waals surface area contributed by atoms with Crippen molar-refractivity contribution in [2.75, 3.05) is 0 Å². The van der Waals surface area contributed by atoms with E-state index in [2.05, 4.69) is 25.2 Å². The molecule has 1 aromatic rings. The lowest BCUT2D eigenvalue weighted by molar-refractivity contribution is -0.128. The van der Waals surface area contributed by atoms with Gasteiger partial charge < -0.3 is 10.1 Å². The minimum Gasteiger partial charge on any atom is -0.481 e. The average molecular weight is 317 g/mol. The quantitative estimate of drug-likeness (QED) is 0.880. The fourth-order valence-corrected chi connectivity index (χ4v) is 3.29. The molecule has 0 unspecified atom stereocenters. The molecule has 0 spiro atoms. The first-order valence-corrected chi connectivity index (χ1v) is 9.02. The fraction of sp³-hybridized carbons (Fsp3) is 0.650. The first-order valence-electron chi connectivity index (χ1n) is 9.02. The van der Waals surface area contributed by atoms with Crippen LogP contribution in [0.4, 0.5) is 0 Å². The maximum absolute atomic E-state index is 12.5. The molecule has 0 aromatic heterocycles. The molecule has 0 aliphatic heterocycles. The summed E-state index contributed by atoms with van der Waals surface area (Å²) in [6.07, 6.45) is 8.10. The zero-order chi connectivity index (χ0) is 16.8. The van der Waals surface area contributed by atoms with Gasteiger partial charge in [-0.2, -0.15) is 0 Å². The Labute approximate surface area is 140 Å². The van der Waals surface area contributed by atoms with Crippen molar-refractivity contribution < 1.29 is 9.53 Å². The Morgan fingerprint density at radius 2 is 1.70 bits per heavy atom. The summed E-state index contributed by atoms with van der Waals surface area (Å²) in [5.74, 6) is 0.831. The van der Waals surface area contributed by atoms with Crippen molar-refractivity contribution in [2.24, 2.45) is 0 Å². The maximum atomic E-state index is 12.5. The van der Waals surface area contributed by atoms with Crippen LogP contribution in [-0.4, -0.2) is 18.1 Å². The normalized spacial score (nSPS) is 17.9. The van der Waals surface area contributed by atoms with Gasteiger partial charge in [0, 0.05) is 6.04 Å². The van der Waals surface area contributed by atoms with Crippen LogP contribution in [0.3, 0.4) is 0 Å². The monoisotopic (exact) mass is 317 g/mol. The molecule has 1 amide bonds. The van der Waals surface area contributed by atoms with Crippen LogP contribution in [0.25, 0.3) is 0 Å². The molecular weight excluding hydrogens is 286 g/mol. The minimum atomic E-state index is -0.458. The summed E-state index contributed by atoms with van der Waals surface area (Å²) in [6, 6.07) is 4.47.